The molecule has 162 valence electrons. The van der Waals surface area contributed by atoms with Gasteiger partial charge >= 0.3 is 5.97 Å². The third-order valence-corrected chi connectivity index (χ3v) is 5.65. The maximum atomic E-state index is 12.9. The SMILES string of the molecule is Cc1cc(OC(=O)c2ccccc2Cl)cc2c1C(=O)/C(=C/c1ccc(C(C)(C)C)cc1)O2. The Bertz CT molecular complexity index is 1250. The van der Waals surface area contributed by atoms with Crippen molar-refractivity contribution in [3.63, 3.8) is 0 Å². The van der Waals surface area contributed by atoms with Crippen molar-refractivity contribution in [3.8, 4) is 11.5 Å². The van der Waals surface area contributed by atoms with E-state index in [-0.39, 0.29) is 28.3 Å². The number of carbonyl (C=O) groups excluding carboxylic acids is 2. The van der Waals surface area contributed by atoms with Crippen molar-refractivity contribution in [1.29, 1.82) is 0 Å². The molecule has 32 heavy (non-hydrogen) atoms. The lowest BCUT2D eigenvalue weighted by Crippen LogP contribution is -2.10. The van der Waals surface area contributed by atoms with Gasteiger partial charge in [0.15, 0.2) is 5.76 Å². The monoisotopic (exact) mass is 446 g/mol. The van der Waals surface area contributed by atoms with Crippen LogP contribution in [0.3, 0.4) is 0 Å². The molecule has 0 N–H and O–H groups in total. The van der Waals surface area contributed by atoms with Gasteiger partial charge in [0.2, 0.25) is 5.78 Å². The standard InChI is InChI=1S/C27H23ClO4/c1-16-13-19(31-26(30)20-7-5-6-8-21(20)28)15-22-24(16)25(29)23(32-22)14-17-9-11-18(12-10-17)27(2,3)4/h5-15H,1-4H3/b23-14-. The molecule has 0 saturated heterocycles. The van der Waals surface area contributed by atoms with Crippen LogP contribution in [-0.2, 0) is 5.41 Å². The molecule has 4 nitrogen and oxygen atoms in total. The number of benzene rings is 3. The number of fused-ring (bicyclic) bond motifs is 1. The summed E-state index contributed by atoms with van der Waals surface area (Å²) < 4.78 is 11.3. The highest BCUT2D eigenvalue weighted by molar-refractivity contribution is 6.33. The summed E-state index contributed by atoms with van der Waals surface area (Å²) in [5.74, 6) is 0.126. The van der Waals surface area contributed by atoms with E-state index in [1.807, 2.05) is 12.1 Å². The van der Waals surface area contributed by atoms with E-state index >= 15 is 0 Å². The molecule has 3 aromatic rings. The molecule has 0 atom stereocenters. The van der Waals surface area contributed by atoms with Crippen molar-refractivity contribution in [1.82, 2.24) is 0 Å². The Morgan fingerprint density at radius 2 is 1.72 bits per heavy atom. The predicted molar refractivity (Wildman–Crippen MR) is 126 cm³/mol. The number of ether oxygens (including phenoxy) is 2. The normalized spacial score (nSPS) is 14.3. The molecule has 0 spiro atoms. The number of ketones is 1. The Morgan fingerprint density at radius 3 is 2.38 bits per heavy atom. The molecule has 0 radical (unpaired) electrons. The number of aryl methyl sites for hydroxylation is 1. The summed E-state index contributed by atoms with van der Waals surface area (Å²) in [4.78, 5) is 25.4. The van der Waals surface area contributed by atoms with Crippen molar-refractivity contribution in [2.75, 3.05) is 0 Å². The Kier molecular flexibility index (Phi) is 5.66. The Hall–Kier alpha value is -3.37. The van der Waals surface area contributed by atoms with Crippen molar-refractivity contribution < 1.29 is 19.1 Å². The molecular formula is C27H23ClO4. The summed E-state index contributed by atoms with van der Waals surface area (Å²) in [6.07, 6.45) is 1.73. The fourth-order valence-corrected chi connectivity index (χ4v) is 3.77. The number of hydrogen-bond donors (Lipinski definition) is 0. The maximum absolute atomic E-state index is 12.9. The van der Waals surface area contributed by atoms with Crippen LogP contribution in [0.5, 0.6) is 11.5 Å². The van der Waals surface area contributed by atoms with Gasteiger partial charge in [-0.3, -0.25) is 4.79 Å². The number of rotatable bonds is 3. The van der Waals surface area contributed by atoms with Crippen LogP contribution in [0.25, 0.3) is 6.08 Å². The van der Waals surface area contributed by atoms with Crippen LogP contribution in [0.2, 0.25) is 5.02 Å². The molecule has 0 aromatic heterocycles. The fourth-order valence-electron chi connectivity index (χ4n) is 3.56. The lowest BCUT2D eigenvalue weighted by atomic mass is 9.86. The molecular weight excluding hydrogens is 424 g/mol. The molecule has 5 heteroatoms. The topological polar surface area (TPSA) is 52.6 Å². The highest BCUT2D eigenvalue weighted by Gasteiger charge is 2.30. The van der Waals surface area contributed by atoms with Crippen LogP contribution >= 0.6 is 11.6 Å². The molecule has 4 rings (SSSR count). The summed E-state index contributed by atoms with van der Waals surface area (Å²) >= 11 is 6.08. The molecule has 0 bridgehead atoms. The number of hydrogen-bond acceptors (Lipinski definition) is 4. The minimum absolute atomic E-state index is 0.0521. The number of carbonyl (C=O) groups is 2. The van der Waals surface area contributed by atoms with Crippen molar-refractivity contribution in [3.05, 3.63) is 99.3 Å². The largest absolute Gasteiger partial charge is 0.452 e. The average molecular weight is 447 g/mol. The summed E-state index contributed by atoms with van der Waals surface area (Å²) in [7, 11) is 0. The zero-order valence-corrected chi connectivity index (χ0v) is 19.1. The van der Waals surface area contributed by atoms with Gasteiger partial charge in [-0.05, 0) is 53.3 Å². The molecule has 1 heterocycles. The van der Waals surface area contributed by atoms with Crippen LogP contribution in [0.4, 0.5) is 0 Å². The van der Waals surface area contributed by atoms with Gasteiger partial charge in [-0.2, -0.15) is 0 Å². The highest BCUT2D eigenvalue weighted by atomic mass is 35.5. The van der Waals surface area contributed by atoms with E-state index in [4.69, 9.17) is 21.1 Å². The van der Waals surface area contributed by atoms with Gasteiger partial charge < -0.3 is 9.47 Å². The molecule has 0 unspecified atom stereocenters. The van der Waals surface area contributed by atoms with E-state index in [9.17, 15) is 9.59 Å². The molecule has 0 saturated carbocycles. The van der Waals surface area contributed by atoms with E-state index in [2.05, 4.69) is 32.9 Å². The second-order valence-electron chi connectivity index (χ2n) is 8.79. The van der Waals surface area contributed by atoms with Gasteiger partial charge in [0.1, 0.15) is 11.5 Å². The zero-order valence-electron chi connectivity index (χ0n) is 18.4. The first kappa shape index (κ1) is 21.8. The Labute approximate surface area is 192 Å². The Balaban J connectivity index is 1.58. The highest BCUT2D eigenvalue weighted by Crippen LogP contribution is 2.38. The van der Waals surface area contributed by atoms with E-state index in [0.717, 1.165) is 5.56 Å². The number of halogens is 1. The van der Waals surface area contributed by atoms with E-state index in [1.54, 1.807) is 49.4 Å². The predicted octanol–water partition coefficient (Wildman–Crippen LogP) is 6.78. The van der Waals surface area contributed by atoms with Crippen LogP contribution in [-0.4, -0.2) is 11.8 Å². The minimum atomic E-state index is -0.575. The molecule has 0 aliphatic carbocycles. The van der Waals surface area contributed by atoms with E-state index in [1.165, 1.54) is 5.56 Å². The number of esters is 1. The minimum Gasteiger partial charge on any atom is -0.452 e. The third kappa shape index (κ3) is 4.32. The summed E-state index contributed by atoms with van der Waals surface area (Å²) in [6.45, 7) is 8.24. The van der Waals surface area contributed by atoms with Crippen molar-refractivity contribution >= 4 is 29.4 Å². The zero-order chi connectivity index (χ0) is 23.0. The van der Waals surface area contributed by atoms with Crippen molar-refractivity contribution in [2.45, 2.75) is 33.1 Å². The van der Waals surface area contributed by atoms with E-state index < -0.39 is 5.97 Å². The van der Waals surface area contributed by atoms with Crippen LogP contribution in [0, 0.1) is 6.92 Å². The molecule has 1 aliphatic rings. The van der Waals surface area contributed by atoms with Gasteiger partial charge in [-0.25, -0.2) is 4.79 Å². The summed E-state index contributed by atoms with van der Waals surface area (Å²) in [6, 6.07) is 17.9. The van der Waals surface area contributed by atoms with Crippen LogP contribution in [0.1, 0.15) is 58.2 Å². The fraction of sp³-hybridized carbons (Fsp3) is 0.185. The summed E-state index contributed by atoms with van der Waals surface area (Å²) in [5.41, 5.74) is 3.54. The van der Waals surface area contributed by atoms with Crippen molar-refractivity contribution in [2.24, 2.45) is 0 Å². The molecule has 1 aliphatic heterocycles. The lowest BCUT2D eigenvalue weighted by Gasteiger charge is -2.18. The molecule has 0 amide bonds. The van der Waals surface area contributed by atoms with Gasteiger partial charge in [-0.1, -0.05) is 68.8 Å². The smallest absolute Gasteiger partial charge is 0.345 e. The Morgan fingerprint density at radius 1 is 1.03 bits per heavy atom. The maximum Gasteiger partial charge on any atom is 0.345 e. The van der Waals surface area contributed by atoms with Gasteiger partial charge in [0.25, 0.3) is 0 Å². The van der Waals surface area contributed by atoms with Crippen LogP contribution in [0.15, 0.2) is 66.4 Å². The van der Waals surface area contributed by atoms with Crippen LogP contribution < -0.4 is 9.47 Å². The lowest BCUT2D eigenvalue weighted by molar-refractivity contribution is 0.0734. The van der Waals surface area contributed by atoms with Gasteiger partial charge in [-0.15, -0.1) is 0 Å². The molecule has 0 fully saturated rings. The van der Waals surface area contributed by atoms with Gasteiger partial charge in [0, 0.05) is 6.07 Å². The first-order valence-corrected chi connectivity index (χ1v) is 10.7. The molecule has 3 aromatic carbocycles. The second kappa shape index (κ2) is 8.29. The van der Waals surface area contributed by atoms with Gasteiger partial charge in [0.05, 0.1) is 16.1 Å². The third-order valence-electron chi connectivity index (χ3n) is 5.32. The number of allylic oxidation sites excluding steroid dienone is 1. The van der Waals surface area contributed by atoms with E-state index in [0.29, 0.717) is 21.9 Å². The summed E-state index contributed by atoms with van der Waals surface area (Å²) in [5, 5.41) is 0.310. The number of Topliss-reactive ketones (excluding diaryl/α,β-unsaturated/α-hetero) is 1. The average Bonchev–Trinajstić information content (AvgIpc) is 3.03. The first-order valence-electron chi connectivity index (χ1n) is 10.3. The first-order chi connectivity index (χ1) is 15.1. The quantitative estimate of drug-likeness (QED) is 0.253. The second-order valence-corrected chi connectivity index (χ2v) is 9.20.